The van der Waals surface area contributed by atoms with Gasteiger partial charge in [-0.3, -0.25) is 0 Å². The Balaban J connectivity index is 0. The smallest absolute Gasteiger partial charge is 2.00 e. The van der Waals surface area contributed by atoms with Gasteiger partial charge in [0.05, 0.1) is 0 Å². The van der Waals surface area contributed by atoms with Gasteiger partial charge >= 0.3 is 144 Å². The van der Waals surface area contributed by atoms with Crippen molar-refractivity contribution in [3.63, 3.8) is 0 Å². The van der Waals surface area contributed by atoms with Crippen LogP contribution in [-0.4, -0.2) is 106 Å². The Labute approximate surface area is 141 Å². The molecule has 0 atom stereocenters. The summed E-state index contributed by atoms with van der Waals surface area (Å²) in [4.78, 5) is 0. The number of rotatable bonds is 0. The van der Waals surface area contributed by atoms with Gasteiger partial charge in [0, 0.05) is 0 Å². The normalized spacial score (nSPS) is 0. The zero-order valence-corrected chi connectivity index (χ0v) is 3.37. The van der Waals surface area contributed by atoms with E-state index >= 15 is 0 Å². The molecule has 0 aliphatic rings. The minimum atomic E-state index is 0. The largest absolute Gasteiger partial charge is 4.00 e. The molecule has 0 amide bonds. The van der Waals surface area contributed by atoms with Gasteiger partial charge in [-0.25, -0.2) is 0 Å². The second kappa shape index (κ2) is 63.0. The van der Waals surface area contributed by atoms with E-state index in [1.807, 2.05) is 0 Å². The summed E-state index contributed by atoms with van der Waals surface area (Å²) in [5.41, 5.74) is 0. The van der Waals surface area contributed by atoms with Crippen LogP contribution in [0.1, 0.15) is 0 Å². The Morgan fingerprint density at radius 3 is 0.375 bits per heavy atom. The number of hydrogen-bond donors (Lipinski definition) is 0. The standard InChI is InChI=1S/6GeH5.Ni.Ti/h6*1H5;;/q6*-1;+2;+4. The fourth-order valence-electron chi connectivity index (χ4n) is 0. The van der Waals surface area contributed by atoms with Gasteiger partial charge in [0.25, 0.3) is 0 Å². The molecule has 0 N–H and O–H groups in total. The van der Waals surface area contributed by atoms with Gasteiger partial charge in [0.1, 0.15) is 0 Å². The predicted octanol–water partition coefficient (Wildman–Crippen LogP) is -10.3. The van der Waals surface area contributed by atoms with Gasteiger partial charge in [-0.2, -0.15) is 0 Å². The third kappa shape index (κ3) is 47.0. The molecule has 0 aliphatic carbocycles. The first-order chi connectivity index (χ1) is 0. The fourth-order valence-corrected chi connectivity index (χ4v) is 0. The van der Waals surface area contributed by atoms with E-state index in [1.54, 1.807) is 0 Å². The van der Waals surface area contributed by atoms with Gasteiger partial charge in [0.15, 0.2) is 0 Å². The zero-order valence-electron chi connectivity index (χ0n) is 0.816. The van der Waals surface area contributed by atoms with Gasteiger partial charge in [-0.1, -0.05) is 0 Å². The van der Waals surface area contributed by atoms with Crippen LogP contribution in [0.5, 0.6) is 0 Å². The quantitative estimate of drug-likeness (QED) is 0.253. The van der Waals surface area contributed by atoms with E-state index in [9.17, 15) is 0 Å². The summed E-state index contributed by atoms with van der Waals surface area (Å²) in [6, 6.07) is 0. The monoisotopic (exact) mass is 580 g/mol. The molecule has 0 heterocycles. The molecule has 8 heteroatoms. The van der Waals surface area contributed by atoms with E-state index in [0.717, 1.165) is 0 Å². The van der Waals surface area contributed by atoms with Crippen LogP contribution in [0.25, 0.3) is 0 Å². The Hall–Kier alpha value is 4.46. The van der Waals surface area contributed by atoms with Crippen molar-refractivity contribution in [1.82, 2.24) is 0 Å². The van der Waals surface area contributed by atoms with Crippen LogP contribution in [0.3, 0.4) is 0 Å². The van der Waals surface area contributed by atoms with E-state index in [2.05, 4.69) is 0 Å². The Morgan fingerprint density at radius 2 is 0.375 bits per heavy atom. The van der Waals surface area contributed by atoms with Crippen molar-refractivity contribution in [3.05, 3.63) is 0 Å². The second-order valence-corrected chi connectivity index (χ2v) is 0. The molecule has 0 radical (unpaired) electrons. The molecule has 0 aromatic heterocycles. The van der Waals surface area contributed by atoms with Crippen molar-refractivity contribution >= 4 is 106 Å². The molecule has 8 heavy (non-hydrogen) atoms. The third-order valence-corrected chi connectivity index (χ3v) is 0. The van der Waals surface area contributed by atoms with E-state index < -0.39 is 0 Å². The van der Waals surface area contributed by atoms with E-state index in [1.165, 1.54) is 0 Å². The summed E-state index contributed by atoms with van der Waals surface area (Å²) in [5, 5.41) is 0. The topological polar surface area (TPSA) is 0 Å². The van der Waals surface area contributed by atoms with Crippen LogP contribution in [0.4, 0.5) is 0 Å². The van der Waals surface area contributed by atoms with Crippen molar-refractivity contribution in [2.45, 2.75) is 0 Å². The van der Waals surface area contributed by atoms with Gasteiger partial charge in [0.2, 0.25) is 0 Å². The summed E-state index contributed by atoms with van der Waals surface area (Å²) in [6.07, 6.45) is 0. The molecule has 68 valence electrons. The van der Waals surface area contributed by atoms with Crippen molar-refractivity contribution in [1.29, 1.82) is 0 Å². The molecular formula is H30Ge6NiTi. The molecule has 0 fully saturated rings. The molecule has 0 saturated carbocycles. The maximum Gasteiger partial charge on any atom is 4.00 e. The van der Waals surface area contributed by atoms with Gasteiger partial charge < -0.3 is 0 Å². The Kier molecular flexibility index (Phi) is 647. The maximum absolute atomic E-state index is 0. The SMILES string of the molecule is [GeH5-].[GeH5-].[GeH5-].[GeH5-].[GeH5-].[GeH5-].[Ni+2].[Ti+4]. The van der Waals surface area contributed by atoms with Crippen molar-refractivity contribution in [2.75, 3.05) is 0 Å². The molecule has 0 saturated heterocycles. The molecule has 0 aliphatic heterocycles. The second-order valence-electron chi connectivity index (χ2n) is 0. The molecule has 0 aromatic carbocycles. The van der Waals surface area contributed by atoms with Crippen LogP contribution in [0.2, 0.25) is 0 Å². The molecular weight excluding hydrogens is 542 g/mol. The first-order valence-electron chi connectivity index (χ1n) is 0. The first kappa shape index (κ1) is 82.2. The number of hydrogen-bond acceptors (Lipinski definition) is 0. The minimum absolute atomic E-state index is 0. The van der Waals surface area contributed by atoms with E-state index in [0.29, 0.717) is 0 Å². The predicted molar refractivity (Wildman–Crippen MR) is 76.4 cm³/mol. The molecule has 0 bridgehead atoms. The minimum Gasteiger partial charge on any atom is 2.00 e. The zero-order chi connectivity index (χ0) is 0. The average molecular weight is 572 g/mol. The van der Waals surface area contributed by atoms with Crippen molar-refractivity contribution in [2.24, 2.45) is 0 Å². The van der Waals surface area contributed by atoms with Crippen LogP contribution in [0.15, 0.2) is 0 Å². The Bertz CT molecular complexity index is 8.49. The van der Waals surface area contributed by atoms with Crippen molar-refractivity contribution in [3.8, 4) is 0 Å². The molecule has 0 spiro atoms. The van der Waals surface area contributed by atoms with Crippen LogP contribution in [0, 0.1) is 0 Å². The summed E-state index contributed by atoms with van der Waals surface area (Å²) in [6.45, 7) is 0. The maximum atomic E-state index is 0. The van der Waals surface area contributed by atoms with Gasteiger partial charge in [-0.05, 0) is 0 Å². The van der Waals surface area contributed by atoms with E-state index in [4.69, 9.17) is 0 Å². The molecule has 0 unspecified atom stereocenters. The molecule has 0 nitrogen and oxygen atoms in total. The summed E-state index contributed by atoms with van der Waals surface area (Å²) >= 11 is 0. The van der Waals surface area contributed by atoms with E-state index in [-0.39, 0.29) is 144 Å². The van der Waals surface area contributed by atoms with Crippen LogP contribution < -0.4 is 0 Å². The van der Waals surface area contributed by atoms with Crippen LogP contribution in [-0.2, 0) is 38.2 Å². The molecule has 0 aromatic rings. The first-order valence-corrected chi connectivity index (χ1v) is 0. The Morgan fingerprint density at radius 1 is 0.375 bits per heavy atom. The van der Waals surface area contributed by atoms with Crippen LogP contribution >= 0.6 is 0 Å². The third-order valence-electron chi connectivity index (χ3n) is 0. The fraction of sp³-hybridized carbons (Fsp3) is 0. The summed E-state index contributed by atoms with van der Waals surface area (Å²) in [7, 11) is 0. The van der Waals surface area contributed by atoms with Crippen molar-refractivity contribution < 1.29 is 38.2 Å². The molecule has 0 rings (SSSR count). The summed E-state index contributed by atoms with van der Waals surface area (Å²) in [5.74, 6) is 0. The van der Waals surface area contributed by atoms with Gasteiger partial charge in [-0.15, -0.1) is 0 Å². The average Bonchev–Trinajstić information content (AvgIpc) is 0. The summed E-state index contributed by atoms with van der Waals surface area (Å²) < 4.78 is 0.